The molecule has 0 aromatic carbocycles. The van der Waals surface area contributed by atoms with Crippen molar-refractivity contribution in [3.05, 3.63) is 0 Å². The van der Waals surface area contributed by atoms with Gasteiger partial charge in [-0.25, -0.2) is 0 Å². The van der Waals surface area contributed by atoms with Gasteiger partial charge in [0.25, 0.3) is 0 Å². The second-order valence-corrected chi connectivity index (χ2v) is 3.31. The Hall–Kier alpha value is -0.0800. The predicted molar refractivity (Wildman–Crippen MR) is 43.6 cm³/mol. The van der Waals surface area contributed by atoms with Gasteiger partial charge in [0, 0.05) is 6.67 Å². The van der Waals surface area contributed by atoms with Crippen LogP contribution in [0.2, 0.25) is 0 Å². The summed E-state index contributed by atoms with van der Waals surface area (Å²) in [6.07, 6.45) is 4.19. The van der Waals surface area contributed by atoms with Crippen molar-refractivity contribution in [1.29, 1.82) is 0 Å². The van der Waals surface area contributed by atoms with Crippen LogP contribution in [-0.2, 0) is 0 Å². The molecule has 0 heterocycles. The number of nitrogens with one attached hydrogen (secondary N) is 1. The fourth-order valence-corrected chi connectivity index (χ4v) is 1.55. The molecule has 0 amide bonds. The molecular weight excluding hydrogens is 124 g/mol. The van der Waals surface area contributed by atoms with Gasteiger partial charge < -0.3 is 11.1 Å². The monoisotopic (exact) mass is 142 g/mol. The molecule has 0 radical (unpaired) electrons. The van der Waals surface area contributed by atoms with Gasteiger partial charge in [0.2, 0.25) is 0 Å². The summed E-state index contributed by atoms with van der Waals surface area (Å²) in [6.45, 7) is 4.07. The lowest BCUT2D eigenvalue weighted by atomic mass is 9.73. The summed E-state index contributed by atoms with van der Waals surface area (Å²) in [5, 5.41) is 3.15. The average Bonchev–Trinajstić information content (AvgIpc) is 1.95. The highest BCUT2D eigenvalue weighted by molar-refractivity contribution is 4.77. The molecule has 1 aliphatic rings. The van der Waals surface area contributed by atoms with E-state index in [4.69, 9.17) is 5.73 Å². The van der Waals surface area contributed by atoms with Crippen molar-refractivity contribution in [2.45, 2.75) is 26.2 Å². The van der Waals surface area contributed by atoms with Gasteiger partial charge in [-0.1, -0.05) is 13.3 Å². The Bertz CT molecular complexity index is 93.3. The minimum absolute atomic E-state index is 0.626. The predicted octanol–water partition coefficient (Wildman–Crippen LogP) is 0.928. The molecule has 2 unspecified atom stereocenters. The Morgan fingerprint density at radius 2 is 2.30 bits per heavy atom. The van der Waals surface area contributed by atoms with Gasteiger partial charge in [-0.2, -0.15) is 0 Å². The van der Waals surface area contributed by atoms with Crippen molar-refractivity contribution in [3.63, 3.8) is 0 Å². The standard InChI is InChI=1S/C8H18N2/c1-7-2-3-8(7)4-5-10-6-9/h7-8,10H,2-6,9H2,1H3. The van der Waals surface area contributed by atoms with Crippen LogP contribution < -0.4 is 11.1 Å². The summed E-state index contributed by atoms with van der Waals surface area (Å²) in [6, 6.07) is 0. The molecule has 1 rings (SSSR count). The quantitative estimate of drug-likeness (QED) is 0.452. The lowest BCUT2D eigenvalue weighted by molar-refractivity contribution is 0.183. The molecule has 1 fully saturated rings. The lowest BCUT2D eigenvalue weighted by Gasteiger charge is -2.33. The van der Waals surface area contributed by atoms with Crippen molar-refractivity contribution < 1.29 is 0 Å². The molecule has 0 saturated heterocycles. The lowest BCUT2D eigenvalue weighted by Crippen LogP contribution is -2.30. The van der Waals surface area contributed by atoms with Crippen LogP contribution in [-0.4, -0.2) is 13.2 Å². The van der Waals surface area contributed by atoms with Crippen LogP contribution in [0.3, 0.4) is 0 Å². The molecule has 1 aliphatic carbocycles. The Morgan fingerprint density at radius 3 is 2.70 bits per heavy atom. The Morgan fingerprint density at radius 1 is 1.50 bits per heavy atom. The first-order valence-electron chi connectivity index (χ1n) is 4.25. The highest BCUT2D eigenvalue weighted by Gasteiger charge is 2.25. The zero-order chi connectivity index (χ0) is 7.40. The topological polar surface area (TPSA) is 38.0 Å². The highest BCUT2D eigenvalue weighted by atomic mass is 14.9. The van der Waals surface area contributed by atoms with Crippen LogP contribution in [0.15, 0.2) is 0 Å². The van der Waals surface area contributed by atoms with E-state index in [2.05, 4.69) is 12.2 Å². The molecule has 0 aromatic heterocycles. The molecule has 0 aromatic rings. The van der Waals surface area contributed by atoms with Crippen LogP contribution in [0.25, 0.3) is 0 Å². The SMILES string of the molecule is CC1CCC1CCNCN. The number of rotatable bonds is 4. The van der Waals surface area contributed by atoms with Gasteiger partial charge in [0.1, 0.15) is 0 Å². The van der Waals surface area contributed by atoms with Crippen molar-refractivity contribution in [3.8, 4) is 0 Å². The maximum Gasteiger partial charge on any atom is 0.0428 e. The van der Waals surface area contributed by atoms with Crippen molar-refractivity contribution in [2.24, 2.45) is 17.6 Å². The summed E-state index contributed by atoms with van der Waals surface area (Å²) < 4.78 is 0. The Balaban J connectivity index is 1.92. The van der Waals surface area contributed by atoms with Gasteiger partial charge in [-0.3, -0.25) is 0 Å². The molecule has 0 spiro atoms. The van der Waals surface area contributed by atoms with Gasteiger partial charge in [-0.05, 0) is 31.2 Å². The van der Waals surface area contributed by atoms with E-state index < -0.39 is 0 Å². The molecule has 10 heavy (non-hydrogen) atoms. The molecule has 3 N–H and O–H groups in total. The zero-order valence-corrected chi connectivity index (χ0v) is 6.77. The van der Waals surface area contributed by atoms with Crippen LogP contribution in [0, 0.1) is 11.8 Å². The van der Waals surface area contributed by atoms with Crippen LogP contribution in [0.1, 0.15) is 26.2 Å². The minimum atomic E-state index is 0.626. The first kappa shape index (κ1) is 8.02. The molecule has 2 atom stereocenters. The van der Waals surface area contributed by atoms with Gasteiger partial charge in [0.15, 0.2) is 0 Å². The second-order valence-electron chi connectivity index (χ2n) is 3.31. The summed E-state index contributed by atoms with van der Waals surface area (Å²) in [5.74, 6) is 1.96. The summed E-state index contributed by atoms with van der Waals surface area (Å²) in [7, 11) is 0. The smallest absolute Gasteiger partial charge is 0.0428 e. The first-order chi connectivity index (χ1) is 4.84. The number of nitrogens with two attached hydrogens (primary N) is 1. The third-order valence-electron chi connectivity index (χ3n) is 2.63. The largest absolute Gasteiger partial charge is 0.318 e. The normalized spacial score (nSPS) is 31.8. The molecule has 1 saturated carbocycles. The van der Waals surface area contributed by atoms with E-state index in [1.807, 2.05) is 0 Å². The number of hydrogen-bond donors (Lipinski definition) is 2. The fraction of sp³-hybridized carbons (Fsp3) is 1.00. The molecule has 0 aliphatic heterocycles. The molecule has 0 bridgehead atoms. The molecule has 2 heteroatoms. The summed E-state index contributed by atoms with van der Waals surface area (Å²) in [5.41, 5.74) is 5.30. The average molecular weight is 142 g/mol. The summed E-state index contributed by atoms with van der Waals surface area (Å²) >= 11 is 0. The van der Waals surface area contributed by atoms with E-state index in [1.54, 1.807) is 0 Å². The van der Waals surface area contributed by atoms with E-state index in [0.29, 0.717) is 6.67 Å². The molecule has 2 nitrogen and oxygen atoms in total. The van der Waals surface area contributed by atoms with Crippen LogP contribution in [0.4, 0.5) is 0 Å². The van der Waals surface area contributed by atoms with Gasteiger partial charge in [-0.15, -0.1) is 0 Å². The third kappa shape index (κ3) is 1.96. The van der Waals surface area contributed by atoms with Crippen molar-refractivity contribution in [2.75, 3.05) is 13.2 Å². The Labute approximate surface area is 63.2 Å². The maximum absolute atomic E-state index is 5.30. The van der Waals surface area contributed by atoms with Crippen LogP contribution >= 0.6 is 0 Å². The van der Waals surface area contributed by atoms with E-state index in [9.17, 15) is 0 Å². The van der Waals surface area contributed by atoms with E-state index in [0.717, 1.165) is 18.4 Å². The second kappa shape index (κ2) is 3.94. The minimum Gasteiger partial charge on any atom is -0.318 e. The van der Waals surface area contributed by atoms with E-state index in [-0.39, 0.29) is 0 Å². The van der Waals surface area contributed by atoms with Gasteiger partial charge in [0.05, 0.1) is 0 Å². The maximum atomic E-state index is 5.30. The molecular formula is C8H18N2. The fourth-order valence-electron chi connectivity index (χ4n) is 1.55. The van der Waals surface area contributed by atoms with E-state index >= 15 is 0 Å². The zero-order valence-electron chi connectivity index (χ0n) is 6.77. The summed E-state index contributed by atoms with van der Waals surface area (Å²) in [4.78, 5) is 0. The first-order valence-corrected chi connectivity index (χ1v) is 4.25. The van der Waals surface area contributed by atoms with Crippen molar-refractivity contribution >= 4 is 0 Å². The molecule has 60 valence electrons. The Kier molecular flexibility index (Phi) is 3.16. The van der Waals surface area contributed by atoms with Crippen LogP contribution in [0.5, 0.6) is 0 Å². The third-order valence-corrected chi connectivity index (χ3v) is 2.63. The number of hydrogen-bond acceptors (Lipinski definition) is 2. The van der Waals surface area contributed by atoms with Crippen molar-refractivity contribution in [1.82, 2.24) is 5.32 Å². The van der Waals surface area contributed by atoms with E-state index in [1.165, 1.54) is 19.3 Å². The highest BCUT2D eigenvalue weighted by Crippen LogP contribution is 2.35. The van der Waals surface area contributed by atoms with Gasteiger partial charge >= 0.3 is 0 Å².